The normalized spacial score (nSPS) is 58.7. The summed E-state index contributed by atoms with van der Waals surface area (Å²) in [7, 11) is 0. The molecule has 0 saturated heterocycles. The van der Waals surface area contributed by atoms with Crippen molar-refractivity contribution in [3.63, 3.8) is 0 Å². The molecular weight excluding hydrogens is 168 g/mol. The molecule has 5 unspecified atom stereocenters. The lowest BCUT2D eigenvalue weighted by atomic mass is 9.56. The van der Waals surface area contributed by atoms with E-state index >= 15 is 0 Å². The lowest BCUT2D eigenvalue weighted by molar-refractivity contribution is 0.0261. The molecule has 0 spiro atoms. The van der Waals surface area contributed by atoms with Crippen LogP contribution in [0.5, 0.6) is 0 Å². The third-order valence-corrected chi connectivity index (χ3v) is 5.83. The van der Waals surface area contributed by atoms with Gasteiger partial charge in [0.25, 0.3) is 0 Å². The van der Waals surface area contributed by atoms with Gasteiger partial charge in [-0.15, -0.1) is 0 Å². The van der Waals surface area contributed by atoms with Crippen LogP contribution in [0.4, 0.5) is 0 Å². The molecular formula is C14H20. The van der Waals surface area contributed by atoms with Gasteiger partial charge in [-0.05, 0) is 61.2 Å². The van der Waals surface area contributed by atoms with Gasteiger partial charge in [-0.3, -0.25) is 0 Å². The standard InChI is InChI=1S/C14H20/c1-7-3-8(2)13(7)11-5-9-4-10-6-12(11)14(9)10/h7-9,11-13H,3-6H2,1-2H3/t7-,8?,9?,11?,12?,13?/m1/s1. The van der Waals surface area contributed by atoms with E-state index in [1.54, 1.807) is 6.42 Å². The minimum atomic E-state index is 1.04. The van der Waals surface area contributed by atoms with E-state index in [0.717, 1.165) is 35.5 Å². The van der Waals surface area contributed by atoms with Crippen LogP contribution in [0.3, 0.4) is 0 Å². The first-order chi connectivity index (χ1) is 6.75. The maximum atomic E-state index is 2.48. The van der Waals surface area contributed by atoms with E-state index in [2.05, 4.69) is 13.8 Å². The highest BCUT2D eigenvalue weighted by atomic mass is 14.6. The largest absolute Gasteiger partial charge is 0.0692 e. The minimum absolute atomic E-state index is 1.04. The quantitative estimate of drug-likeness (QED) is 0.551. The highest BCUT2D eigenvalue weighted by Crippen LogP contribution is 2.67. The summed E-state index contributed by atoms with van der Waals surface area (Å²) in [5.74, 6) is 6.45. The van der Waals surface area contributed by atoms with Gasteiger partial charge in [-0.1, -0.05) is 25.0 Å². The average molecular weight is 188 g/mol. The zero-order valence-corrected chi connectivity index (χ0v) is 9.29. The second-order valence-corrected chi connectivity index (χ2v) is 6.44. The molecule has 4 aliphatic carbocycles. The Bertz CT molecular complexity index is 317. The summed E-state index contributed by atoms with van der Waals surface area (Å²) in [6.45, 7) is 4.97. The number of rotatable bonds is 1. The summed E-state index contributed by atoms with van der Waals surface area (Å²) >= 11 is 0. The van der Waals surface area contributed by atoms with E-state index in [1.807, 2.05) is 11.1 Å². The predicted octanol–water partition coefficient (Wildman–Crippen LogP) is 3.63. The van der Waals surface area contributed by atoms with Crippen LogP contribution in [-0.2, 0) is 0 Å². The Hall–Kier alpha value is -0.260. The molecule has 0 aliphatic heterocycles. The number of hydrogen-bond donors (Lipinski definition) is 0. The fourth-order valence-electron chi connectivity index (χ4n) is 5.31. The molecule has 0 amide bonds. The lowest BCUT2D eigenvalue weighted by Gasteiger charge is -2.49. The monoisotopic (exact) mass is 188 g/mol. The van der Waals surface area contributed by atoms with Crippen molar-refractivity contribution in [2.75, 3.05) is 0 Å². The summed E-state index contributed by atoms with van der Waals surface area (Å²) in [4.78, 5) is 0. The molecule has 0 aromatic carbocycles. The average Bonchev–Trinajstić information content (AvgIpc) is 2.26. The maximum absolute atomic E-state index is 2.48. The van der Waals surface area contributed by atoms with E-state index in [1.165, 1.54) is 19.3 Å². The first kappa shape index (κ1) is 7.96. The Kier molecular flexibility index (Phi) is 1.30. The van der Waals surface area contributed by atoms with Crippen LogP contribution in [0.15, 0.2) is 11.1 Å². The molecule has 4 aliphatic rings. The van der Waals surface area contributed by atoms with Crippen molar-refractivity contribution in [3.8, 4) is 0 Å². The molecule has 0 bridgehead atoms. The molecule has 0 aromatic heterocycles. The number of allylic oxidation sites excluding steroid dienone is 2. The Morgan fingerprint density at radius 3 is 2.36 bits per heavy atom. The lowest BCUT2D eigenvalue weighted by Crippen LogP contribution is -2.41. The molecule has 0 radical (unpaired) electrons. The van der Waals surface area contributed by atoms with Crippen molar-refractivity contribution >= 4 is 0 Å². The SMILES string of the molecule is CC1C[C@@H](C)C1C1CC2CC3=C2C1C3. The van der Waals surface area contributed by atoms with E-state index in [9.17, 15) is 0 Å². The van der Waals surface area contributed by atoms with E-state index in [4.69, 9.17) is 0 Å². The summed E-state index contributed by atoms with van der Waals surface area (Å²) in [6, 6.07) is 0. The molecule has 2 fully saturated rings. The third-order valence-electron chi connectivity index (χ3n) is 5.83. The van der Waals surface area contributed by atoms with Gasteiger partial charge in [0.15, 0.2) is 0 Å². The molecule has 2 saturated carbocycles. The molecule has 0 heterocycles. The number of hydrogen-bond acceptors (Lipinski definition) is 0. The van der Waals surface area contributed by atoms with Crippen LogP contribution >= 0.6 is 0 Å². The predicted molar refractivity (Wildman–Crippen MR) is 57.8 cm³/mol. The van der Waals surface area contributed by atoms with Crippen LogP contribution in [0.2, 0.25) is 0 Å². The van der Waals surface area contributed by atoms with Gasteiger partial charge in [-0.25, -0.2) is 0 Å². The molecule has 6 atom stereocenters. The summed E-state index contributed by atoms with van der Waals surface area (Å²) in [5, 5.41) is 0. The fourth-order valence-corrected chi connectivity index (χ4v) is 5.31. The summed E-state index contributed by atoms with van der Waals surface area (Å²) < 4.78 is 0. The van der Waals surface area contributed by atoms with Gasteiger partial charge in [0, 0.05) is 0 Å². The van der Waals surface area contributed by atoms with Crippen LogP contribution in [0.25, 0.3) is 0 Å². The topological polar surface area (TPSA) is 0 Å². The van der Waals surface area contributed by atoms with Crippen molar-refractivity contribution in [1.82, 2.24) is 0 Å². The first-order valence-corrected chi connectivity index (χ1v) is 6.47. The maximum Gasteiger partial charge on any atom is -0.0129 e. The Morgan fingerprint density at radius 1 is 1.00 bits per heavy atom. The molecule has 0 aromatic rings. The summed E-state index contributed by atoms with van der Waals surface area (Å²) in [6.07, 6.45) is 6.08. The van der Waals surface area contributed by atoms with E-state index < -0.39 is 0 Å². The molecule has 0 heteroatoms. The van der Waals surface area contributed by atoms with Crippen molar-refractivity contribution in [2.45, 2.75) is 39.5 Å². The van der Waals surface area contributed by atoms with Gasteiger partial charge >= 0.3 is 0 Å². The fraction of sp³-hybridized carbons (Fsp3) is 0.857. The smallest absolute Gasteiger partial charge is 0.0129 e. The Morgan fingerprint density at radius 2 is 1.79 bits per heavy atom. The zero-order valence-electron chi connectivity index (χ0n) is 9.29. The highest BCUT2D eigenvalue weighted by molar-refractivity contribution is 5.44. The molecule has 0 N–H and O–H groups in total. The van der Waals surface area contributed by atoms with Gasteiger partial charge < -0.3 is 0 Å². The van der Waals surface area contributed by atoms with Crippen molar-refractivity contribution in [1.29, 1.82) is 0 Å². The van der Waals surface area contributed by atoms with Gasteiger partial charge in [0.05, 0.1) is 0 Å². The second-order valence-electron chi connectivity index (χ2n) is 6.44. The van der Waals surface area contributed by atoms with Crippen molar-refractivity contribution < 1.29 is 0 Å². The molecule has 76 valence electrons. The Balaban J connectivity index is 1.61. The zero-order chi connectivity index (χ0) is 9.45. The van der Waals surface area contributed by atoms with Gasteiger partial charge in [-0.2, -0.15) is 0 Å². The third kappa shape index (κ3) is 0.708. The molecule has 14 heavy (non-hydrogen) atoms. The van der Waals surface area contributed by atoms with Gasteiger partial charge in [0.2, 0.25) is 0 Å². The summed E-state index contributed by atoms with van der Waals surface area (Å²) in [5.41, 5.74) is 3.84. The van der Waals surface area contributed by atoms with Crippen LogP contribution < -0.4 is 0 Å². The van der Waals surface area contributed by atoms with Crippen molar-refractivity contribution in [2.24, 2.45) is 35.5 Å². The Labute approximate surface area is 86.8 Å². The van der Waals surface area contributed by atoms with Crippen molar-refractivity contribution in [3.05, 3.63) is 11.1 Å². The van der Waals surface area contributed by atoms with Crippen LogP contribution in [-0.4, -0.2) is 0 Å². The molecule has 0 nitrogen and oxygen atoms in total. The van der Waals surface area contributed by atoms with E-state index in [0.29, 0.717) is 0 Å². The highest BCUT2D eigenvalue weighted by Gasteiger charge is 2.56. The molecule has 4 rings (SSSR count). The van der Waals surface area contributed by atoms with Crippen LogP contribution in [0.1, 0.15) is 39.5 Å². The van der Waals surface area contributed by atoms with Gasteiger partial charge in [0.1, 0.15) is 0 Å². The first-order valence-electron chi connectivity index (χ1n) is 6.47. The second kappa shape index (κ2) is 2.28. The van der Waals surface area contributed by atoms with Crippen LogP contribution in [0, 0.1) is 35.5 Å². The van der Waals surface area contributed by atoms with E-state index in [-0.39, 0.29) is 0 Å². The minimum Gasteiger partial charge on any atom is -0.0692 e.